The fourth-order valence-electron chi connectivity index (χ4n) is 1.38. The highest BCUT2D eigenvalue weighted by Crippen LogP contribution is 2.23. The third-order valence-corrected chi connectivity index (χ3v) is 2.79. The van der Waals surface area contributed by atoms with Gasteiger partial charge in [0.15, 0.2) is 0 Å². The van der Waals surface area contributed by atoms with Crippen molar-refractivity contribution in [1.82, 2.24) is 0 Å². The first-order valence-corrected chi connectivity index (χ1v) is 5.73. The van der Waals surface area contributed by atoms with Crippen molar-refractivity contribution in [3.8, 4) is 0 Å². The molecule has 0 unspecified atom stereocenters. The molecule has 2 rings (SSSR count). The van der Waals surface area contributed by atoms with Crippen molar-refractivity contribution in [2.24, 2.45) is 4.99 Å². The molecule has 0 atom stereocenters. The van der Waals surface area contributed by atoms with Crippen LogP contribution in [0.4, 0.5) is 0 Å². The van der Waals surface area contributed by atoms with Gasteiger partial charge in [-0.3, -0.25) is 4.99 Å². The summed E-state index contributed by atoms with van der Waals surface area (Å²) in [6.07, 6.45) is 7.18. The summed E-state index contributed by atoms with van der Waals surface area (Å²) in [7, 11) is 0. The second-order valence-electron chi connectivity index (χ2n) is 3.34. The lowest BCUT2D eigenvalue weighted by Gasteiger charge is -2.14. The topological polar surface area (TPSA) is 12.4 Å². The Labute approximate surface area is 80.0 Å². The average molecular weight is 183 g/mol. The standard InChI is InChI=1S/C7H13.C3H4NS/c1-7-5-3-2-4-6-7;1-2-5-3-4-1/h2-6H2,1H3;1-2H2. The minimum Gasteiger partial charge on any atom is -0.275 e. The van der Waals surface area contributed by atoms with E-state index in [0.29, 0.717) is 0 Å². The molecule has 1 heterocycles. The molecule has 0 aromatic carbocycles. The van der Waals surface area contributed by atoms with Gasteiger partial charge in [0.25, 0.3) is 0 Å². The van der Waals surface area contributed by atoms with Gasteiger partial charge in [-0.25, -0.2) is 0 Å². The Kier molecular flexibility index (Phi) is 5.50. The fourth-order valence-corrected chi connectivity index (χ4v) is 1.84. The van der Waals surface area contributed by atoms with Gasteiger partial charge in [-0.1, -0.05) is 26.2 Å². The molecule has 2 radical (unpaired) electrons. The second-order valence-corrected chi connectivity index (χ2v) is 4.22. The van der Waals surface area contributed by atoms with E-state index in [9.17, 15) is 0 Å². The van der Waals surface area contributed by atoms with Gasteiger partial charge >= 0.3 is 0 Å². The minimum atomic E-state index is 0.977. The Morgan fingerprint density at radius 1 is 1.25 bits per heavy atom. The van der Waals surface area contributed by atoms with Crippen molar-refractivity contribution >= 4 is 17.3 Å². The summed E-state index contributed by atoms with van der Waals surface area (Å²) in [4.78, 5) is 3.80. The monoisotopic (exact) mass is 183 g/mol. The van der Waals surface area contributed by atoms with Crippen LogP contribution in [0.2, 0.25) is 0 Å². The highest BCUT2D eigenvalue weighted by molar-refractivity contribution is 8.12. The van der Waals surface area contributed by atoms with E-state index in [1.807, 2.05) is 0 Å². The molecule has 0 N–H and O–H groups in total. The zero-order valence-electron chi connectivity index (χ0n) is 7.81. The molecule has 0 spiro atoms. The van der Waals surface area contributed by atoms with Crippen LogP contribution in [-0.4, -0.2) is 17.8 Å². The third kappa shape index (κ3) is 4.81. The maximum atomic E-state index is 3.80. The van der Waals surface area contributed by atoms with E-state index in [4.69, 9.17) is 0 Å². The van der Waals surface area contributed by atoms with E-state index in [0.717, 1.165) is 12.3 Å². The highest BCUT2D eigenvalue weighted by atomic mass is 32.2. The average Bonchev–Trinajstić information content (AvgIpc) is 2.62. The Hall–Kier alpha value is 0.0200. The van der Waals surface area contributed by atoms with Crippen LogP contribution in [0.3, 0.4) is 0 Å². The van der Waals surface area contributed by atoms with Crippen molar-refractivity contribution in [2.45, 2.75) is 39.0 Å². The third-order valence-electron chi connectivity index (χ3n) is 2.14. The summed E-state index contributed by atoms with van der Waals surface area (Å²) in [6, 6.07) is 0. The molecule has 0 aromatic rings. The first kappa shape index (κ1) is 10.1. The summed E-state index contributed by atoms with van der Waals surface area (Å²) in [5, 5.41) is 0. The van der Waals surface area contributed by atoms with E-state index in [1.165, 1.54) is 32.1 Å². The normalized spacial score (nSPS) is 23.4. The predicted molar refractivity (Wildman–Crippen MR) is 56.8 cm³/mol. The Bertz CT molecular complexity index is 122. The van der Waals surface area contributed by atoms with Gasteiger partial charge in [-0.15, -0.1) is 11.8 Å². The molecule has 2 aliphatic rings. The van der Waals surface area contributed by atoms with Gasteiger partial charge in [0, 0.05) is 12.3 Å². The molecule has 1 aliphatic heterocycles. The molecule has 1 fully saturated rings. The van der Waals surface area contributed by atoms with E-state index in [1.54, 1.807) is 17.7 Å². The van der Waals surface area contributed by atoms with E-state index >= 15 is 0 Å². The van der Waals surface area contributed by atoms with Gasteiger partial charge in [0.05, 0.1) is 0 Å². The number of hydrogen-bond acceptors (Lipinski definition) is 2. The molecular formula is C10H17NS. The van der Waals surface area contributed by atoms with E-state index in [-0.39, 0.29) is 0 Å². The Morgan fingerprint density at radius 3 is 2.25 bits per heavy atom. The van der Waals surface area contributed by atoms with Crippen LogP contribution in [0.5, 0.6) is 0 Å². The molecule has 0 saturated heterocycles. The molecule has 1 nitrogen and oxygen atoms in total. The number of aliphatic imine (C=N–C) groups is 1. The first-order chi connectivity index (χ1) is 5.89. The minimum absolute atomic E-state index is 0.977. The Balaban J connectivity index is 0.000000127. The number of nitrogens with zero attached hydrogens (tertiary/aromatic N) is 1. The maximum absolute atomic E-state index is 3.80. The summed E-state index contributed by atoms with van der Waals surface area (Å²) >= 11 is 1.66. The quantitative estimate of drug-likeness (QED) is 0.562. The summed E-state index contributed by atoms with van der Waals surface area (Å²) in [5.41, 5.74) is 2.76. The number of thioether (sulfide) groups is 1. The van der Waals surface area contributed by atoms with Gasteiger partial charge in [0.2, 0.25) is 0 Å². The number of hydrogen-bond donors (Lipinski definition) is 0. The first-order valence-electron chi connectivity index (χ1n) is 4.74. The van der Waals surface area contributed by atoms with Crippen molar-refractivity contribution in [3.63, 3.8) is 0 Å². The van der Waals surface area contributed by atoms with Crippen LogP contribution in [0.25, 0.3) is 0 Å². The van der Waals surface area contributed by atoms with Crippen LogP contribution in [0.15, 0.2) is 4.99 Å². The largest absolute Gasteiger partial charge is 0.275 e. The summed E-state index contributed by atoms with van der Waals surface area (Å²) in [5.74, 6) is 2.85. The van der Waals surface area contributed by atoms with Crippen LogP contribution >= 0.6 is 11.8 Å². The lowest BCUT2D eigenvalue weighted by atomic mass is 9.91. The summed E-state index contributed by atoms with van der Waals surface area (Å²) in [6.45, 7) is 3.25. The van der Waals surface area contributed by atoms with Crippen LogP contribution < -0.4 is 0 Å². The molecule has 0 aromatic heterocycles. The fraction of sp³-hybridized carbons (Fsp3) is 0.800. The SMILES string of the molecule is C[C]1CCCCC1.[C]1=NCCS1. The molecule has 1 saturated carbocycles. The molecule has 0 amide bonds. The van der Waals surface area contributed by atoms with Crippen LogP contribution in [-0.2, 0) is 0 Å². The van der Waals surface area contributed by atoms with Crippen molar-refractivity contribution in [2.75, 3.05) is 12.3 Å². The highest BCUT2D eigenvalue weighted by Gasteiger charge is 2.06. The molecule has 2 heteroatoms. The van der Waals surface area contributed by atoms with Crippen molar-refractivity contribution < 1.29 is 0 Å². The smallest absolute Gasteiger partial charge is 0.122 e. The maximum Gasteiger partial charge on any atom is 0.122 e. The van der Waals surface area contributed by atoms with Crippen LogP contribution in [0.1, 0.15) is 39.0 Å². The van der Waals surface area contributed by atoms with Gasteiger partial charge < -0.3 is 0 Å². The lowest BCUT2D eigenvalue weighted by molar-refractivity contribution is 0.539. The van der Waals surface area contributed by atoms with Gasteiger partial charge in [-0.2, -0.15) is 0 Å². The van der Waals surface area contributed by atoms with Crippen molar-refractivity contribution in [1.29, 1.82) is 0 Å². The molecule has 68 valence electrons. The predicted octanol–water partition coefficient (Wildman–Crippen LogP) is 3.18. The molecule has 0 bridgehead atoms. The van der Waals surface area contributed by atoms with Crippen molar-refractivity contribution in [3.05, 3.63) is 5.92 Å². The van der Waals surface area contributed by atoms with Gasteiger partial charge in [0.1, 0.15) is 5.55 Å². The lowest BCUT2D eigenvalue weighted by Crippen LogP contribution is -1.97. The molecular weight excluding hydrogens is 166 g/mol. The van der Waals surface area contributed by atoms with Gasteiger partial charge in [-0.05, 0) is 18.8 Å². The zero-order chi connectivity index (χ0) is 8.65. The molecule has 12 heavy (non-hydrogen) atoms. The zero-order valence-corrected chi connectivity index (χ0v) is 8.62. The van der Waals surface area contributed by atoms with Crippen LogP contribution in [0, 0.1) is 5.92 Å². The second kappa shape index (κ2) is 6.53. The van der Waals surface area contributed by atoms with E-state index < -0.39 is 0 Å². The summed E-state index contributed by atoms with van der Waals surface area (Å²) < 4.78 is 0. The van der Waals surface area contributed by atoms with E-state index in [2.05, 4.69) is 17.5 Å². The number of rotatable bonds is 0. The Morgan fingerprint density at radius 2 is 2.00 bits per heavy atom. The molecule has 1 aliphatic carbocycles.